The number of aryl methyl sites for hydroxylation is 1. The van der Waals surface area contributed by atoms with Gasteiger partial charge in [0.05, 0.1) is 4.47 Å². The molecule has 0 saturated carbocycles. The summed E-state index contributed by atoms with van der Waals surface area (Å²) in [5, 5.41) is 0. The Bertz CT molecular complexity index is 814. The van der Waals surface area contributed by atoms with E-state index in [1.54, 1.807) is 18.2 Å². The van der Waals surface area contributed by atoms with Crippen LogP contribution in [0.4, 0.5) is 0 Å². The van der Waals surface area contributed by atoms with E-state index in [1.807, 2.05) is 38.1 Å². The molecular formula is C19H20Br2N2O4. The van der Waals surface area contributed by atoms with Crippen LogP contribution in [0.2, 0.25) is 0 Å². The molecule has 8 heteroatoms. The van der Waals surface area contributed by atoms with Crippen LogP contribution in [0, 0.1) is 6.92 Å². The minimum atomic E-state index is -0.715. The second-order valence-electron chi connectivity index (χ2n) is 5.68. The summed E-state index contributed by atoms with van der Waals surface area (Å²) in [5.41, 5.74) is 5.63. The molecule has 0 aliphatic carbocycles. The Morgan fingerprint density at radius 2 is 1.81 bits per heavy atom. The number of amides is 2. The van der Waals surface area contributed by atoms with Gasteiger partial charge in [-0.2, -0.15) is 0 Å². The lowest BCUT2D eigenvalue weighted by Crippen LogP contribution is -2.49. The number of rotatable bonds is 7. The van der Waals surface area contributed by atoms with Crippen molar-refractivity contribution >= 4 is 43.7 Å². The molecule has 0 aliphatic rings. The molecule has 27 heavy (non-hydrogen) atoms. The van der Waals surface area contributed by atoms with Crippen LogP contribution in [-0.2, 0) is 9.59 Å². The SMILES string of the molecule is CCC(Oc1ccccc1C)C(=O)NNC(=O)COc1ccc(Br)cc1Br. The minimum Gasteiger partial charge on any atom is -0.483 e. The minimum absolute atomic E-state index is 0.240. The van der Waals surface area contributed by atoms with Crippen molar-refractivity contribution in [2.75, 3.05) is 6.61 Å². The first-order valence-electron chi connectivity index (χ1n) is 8.29. The first-order chi connectivity index (χ1) is 12.9. The number of hydrogen-bond acceptors (Lipinski definition) is 4. The molecule has 0 saturated heterocycles. The summed E-state index contributed by atoms with van der Waals surface area (Å²) in [6, 6.07) is 12.8. The number of benzene rings is 2. The second kappa shape index (κ2) is 10.3. The van der Waals surface area contributed by atoms with Crippen LogP contribution < -0.4 is 20.3 Å². The monoisotopic (exact) mass is 498 g/mol. The molecule has 0 fully saturated rings. The normalized spacial score (nSPS) is 11.4. The molecular weight excluding hydrogens is 480 g/mol. The highest BCUT2D eigenvalue weighted by atomic mass is 79.9. The Labute approximate surface area is 174 Å². The highest BCUT2D eigenvalue weighted by molar-refractivity contribution is 9.11. The van der Waals surface area contributed by atoms with Gasteiger partial charge in [-0.3, -0.25) is 20.4 Å². The molecule has 0 aliphatic heterocycles. The average Bonchev–Trinajstić information content (AvgIpc) is 2.64. The van der Waals surface area contributed by atoms with Crippen molar-refractivity contribution in [3.63, 3.8) is 0 Å². The average molecular weight is 500 g/mol. The van der Waals surface area contributed by atoms with Gasteiger partial charge in [0.2, 0.25) is 0 Å². The van der Waals surface area contributed by atoms with Gasteiger partial charge in [0.15, 0.2) is 12.7 Å². The zero-order chi connectivity index (χ0) is 19.8. The number of ether oxygens (including phenoxy) is 2. The summed E-state index contributed by atoms with van der Waals surface area (Å²) >= 11 is 6.69. The van der Waals surface area contributed by atoms with Crippen LogP contribution in [-0.4, -0.2) is 24.5 Å². The van der Waals surface area contributed by atoms with E-state index in [9.17, 15) is 9.59 Å². The maximum absolute atomic E-state index is 12.3. The van der Waals surface area contributed by atoms with Crippen molar-refractivity contribution in [1.29, 1.82) is 0 Å². The Morgan fingerprint density at radius 3 is 2.48 bits per heavy atom. The number of hydrazine groups is 1. The molecule has 0 spiro atoms. The molecule has 0 heterocycles. The van der Waals surface area contributed by atoms with E-state index < -0.39 is 17.9 Å². The molecule has 6 nitrogen and oxygen atoms in total. The molecule has 144 valence electrons. The molecule has 0 aromatic heterocycles. The molecule has 2 aromatic carbocycles. The van der Waals surface area contributed by atoms with Gasteiger partial charge in [0.1, 0.15) is 11.5 Å². The summed E-state index contributed by atoms with van der Waals surface area (Å²) in [7, 11) is 0. The molecule has 0 bridgehead atoms. The maximum Gasteiger partial charge on any atom is 0.279 e. The highest BCUT2D eigenvalue weighted by Crippen LogP contribution is 2.28. The molecule has 2 aromatic rings. The summed E-state index contributed by atoms with van der Waals surface area (Å²) in [5.74, 6) is 0.242. The van der Waals surface area contributed by atoms with Gasteiger partial charge in [-0.15, -0.1) is 0 Å². The van der Waals surface area contributed by atoms with Crippen molar-refractivity contribution in [3.8, 4) is 11.5 Å². The van der Waals surface area contributed by atoms with Gasteiger partial charge in [-0.25, -0.2) is 0 Å². The van der Waals surface area contributed by atoms with Crippen LogP contribution >= 0.6 is 31.9 Å². The van der Waals surface area contributed by atoms with E-state index in [2.05, 4.69) is 42.7 Å². The molecule has 2 N–H and O–H groups in total. The first kappa shape index (κ1) is 21.2. The Morgan fingerprint density at radius 1 is 1.07 bits per heavy atom. The largest absolute Gasteiger partial charge is 0.483 e. The number of halogens is 2. The Kier molecular flexibility index (Phi) is 8.12. The lowest BCUT2D eigenvalue weighted by molar-refractivity contribution is -0.134. The van der Waals surface area contributed by atoms with Gasteiger partial charge in [-0.05, 0) is 59.1 Å². The van der Waals surface area contributed by atoms with Crippen molar-refractivity contribution in [2.24, 2.45) is 0 Å². The quantitative estimate of drug-likeness (QED) is 0.566. The number of hydrogen-bond donors (Lipinski definition) is 2. The van der Waals surface area contributed by atoms with Crippen LogP contribution in [0.3, 0.4) is 0 Å². The predicted octanol–water partition coefficient (Wildman–Crippen LogP) is 3.90. The highest BCUT2D eigenvalue weighted by Gasteiger charge is 2.19. The smallest absolute Gasteiger partial charge is 0.279 e. The number of carbonyl (C=O) groups excluding carboxylic acids is 2. The summed E-state index contributed by atoms with van der Waals surface area (Å²) in [6.07, 6.45) is -0.258. The third kappa shape index (κ3) is 6.55. The van der Waals surface area contributed by atoms with E-state index in [1.165, 1.54) is 0 Å². The van der Waals surface area contributed by atoms with Crippen LogP contribution in [0.1, 0.15) is 18.9 Å². The lowest BCUT2D eigenvalue weighted by Gasteiger charge is -2.18. The number of para-hydroxylation sites is 1. The molecule has 2 amide bonds. The van der Waals surface area contributed by atoms with Crippen LogP contribution in [0.5, 0.6) is 11.5 Å². The summed E-state index contributed by atoms with van der Waals surface area (Å²) in [6.45, 7) is 3.49. The zero-order valence-corrected chi connectivity index (χ0v) is 18.1. The van der Waals surface area contributed by atoms with Crippen molar-refractivity contribution in [1.82, 2.24) is 10.9 Å². The van der Waals surface area contributed by atoms with E-state index in [0.29, 0.717) is 22.4 Å². The van der Waals surface area contributed by atoms with Gasteiger partial charge in [0.25, 0.3) is 11.8 Å². The fraction of sp³-hybridized carbons (Fsp3) is 0.263. The van der Waals surface area contributed by atoms with Gasteiger partial charge in [0, 0.05) is 4.47 Å². The predicted molar refractivity (Wildman–Crippen MR) is 110 cm³/mol. The van der Waals surface area contributed by atoms with Crippen molar-refractivity contribution in [3.05, 3.63) is 57.0 Å². The van der Waals surface area contributed by atoms with Crippen molar-refractivity contribution < 1.29 is 19.1 Å². The van der Waals surface area contributed by atoms with Crippen LogP contribution in [0.25, 0.3) is 0 Å². The molecule has 1 unspecified atom stereocenters. The Hall–Kier alpha value is -2.06. The lowest BCUT2D eigenvalue weighted by atomic mass is 10.2. The Balaban J connectivity index is 1.82. The van der Waals surface area contributed by atoms with Gasteiger partial charge in [-0.1, -0.05) is 41.1 Å². The topological polar surface area (TPSA) is 76.7 Å². The fourth-order valence-corrected chi connectivity index (χ4v) is 3.31. The van der Waals surface area contributed by atoms with Crippen LogP contribution in [0.15, 0.2) is 51.4 Å². The van der Waals surface area contributed by atoms with E-state index in [4.69, 9.17) is 9.47 Å². The summed E-state index contributed by atoms with van der Waals surface area (Å²) < 4.78 is 12.8. The second-order valence-corrected chi connectivity index (χ2v) is 7.45. The molecule has 0 radical (unpaired) electrons. The van der Waals surface area contributed by atoms with E-state index in [0.717, 1.165) is 10.0 Å². The molecule has 2 rings (SSSR count). The van der Waals surface area contributed by atoms with E-state index in [-0.39, 0.29) is 6.61 Å². The third-order valence-electron chi connectivity index (χ3n) is 3.60. The maximum atomic E-state index is 12.3. The number of nitrogens with one attached hydrogen (secondary N) is 2. The number of carbonyl (C=O) groups is 2. The third-order valence-corrected chi connectivity index (χ3v) is 4.72. The zero-order valence-electron chi connectivity index (χ0n) is 14.9. The van der Waals surface area contributed by atoms with E-state index >= 15 is 0 Å². The fourth-order valence-electron chi connectivity index (χ4n) is 2.15. The molecule has 1 atom stereocenters. The van der Waals surface area contributed by atoms with Gasteiger partial charge >= 0.3 is 0 Å². The van der Waals surface area contributed by atoms with Crippen molar-refractivity contribution in [2.45, 2.75) is 26.4 Å². The van der Waals surface area contributed by atoms with Gasteiger partial charge < -0.3 is 9.47 Å². The standard InChI is InChI=1S/C19H20Br2N2O4/c1-3-15(27-16-7-5-4-6-12(16)2)19(25)23-22-18(24)11-26-17-9-8-13(20)10-14(17)21/h4-10,15H,3,11H2,1-2H3,(H,22,24)(H,23,25). The first-order valence-corrected chi connectivity index (χ1v) is 9.88. The summed E-state index contributed by atoms with van der Waals surface area (Å²) in [4.78, 5) is 24.2.